The lowest BCUT2D eigenvalue weighted by molar-refractivity contribution is -0.902. The fraction of sp³-hybridized carbons (Fsp3) is 0.462. The molecule has 4 nitrogen and oxygen atoms in total. The van der Waals surface area contributed by atoms with Gasteiger partial charge in [0.1, 0.15) is 0 Å². The summed E-state index contributed by atoms with van der Waals surface area (Å²) in [6, 6.07) is 7.16. The molecule has 1 amide bonds. The molecule has 1 saturated heterocycles. The van der Waals surface area contributed by atoms with Gasteiger partial charge in [0.25, 0.3) is 5.91 Å². The molecule has 1 aliphatic heterocycles. The minimum Gasteiger partial charge on any atom is -0.399 e. The second-order valence-corrected chi connectivity index (χ2v) is 4.52. The summed E-state index contributed by atoms with van der Waals surface area (Å²) in [5.74, 6) is 0.125. The molecular formula is C13H20N3O+. The van der Waals surface area contributed by atoms with Crippen LogP contribution in [-0.2, 0) is 0 Å². The Hall–Kier alpha value is -1.55. The van der Waals surface area contributed by atoms with Crippen molar-refractivity contribution in [3.63, 3.8) is 0 Å². The number of carbonyl (C=O) groups is 1. The molecule has 0 aromatic heterocycles. The van der Waals surface area contributed by atoms with Crippen molar-refractivity contribution >= 4 is 11.6 Å². The maximum atomic E-state index is 12.2. The molecule has 1 aliphatic rings. The number of hydrogen-bond donors (Lipinski definition) is 2. The van der Waals surface area contributed by atoms with Crippen molar-refractivity contribution in [2.24, 2.45) is 0 Å². The minimum absolute atomic E-state index is 0.125. The van der Waals surface area contributed by atoms with Gasteiger partial charge < -0.3 is 15.5 Å². The van der Waals surface area contributed by atoms with Crippen molar-refractivity contribution in [1.29, 1.82) is 0 Å². The highest BCUT2D eigenvalue weighted by Crippen LogP contribution is 2.08. The average molecular weight is 234 g/mol. The van der Waals surface area contributed by atoms with E-state index < -0.39 is 0 Å². The number of hydrogen-bond acceptors (Lipinski definition) is 2. The van der Waals surface area contributed by atoms with Gasteiger partial charge in [0.15, 0.2) is 0 Å². The van der Waals surface area contributed by atoms with E-state index in [1.165, 1.54) is 0 Å². The molecule has 1 aromatic rings. The molecule has 3 N–H and O–H groups in total. The van der Waals surface area contributed by atoms with Gasteiger partial charge in [0.2, 0.25) is 0 Å². The number of anilines is 1. The maximum absolute atomic E-state index is 12.2. The summed E-state index contributed by atoms with van der Waals surface area (Å²) < 4.78 is 0. The van der Waals surface area contributed by atoms with Gasteiger partial charge in [0.05, 0.1) is 32.7 Å². The number of rotatable bonds is 2. The van der Waals surface area contributed by atoms with Crippen molar-refractivity contribution in [3.05, 3.63) is 29.8 Å². The molecule has 0 saturated carbocycles. The molecule has 0 aliphatic carbocycles. The normalized spacial score (nSPS) is 17.1. The predicted molar refractivity (Wildman–Crippen MR) is 68.0 cm³/mol. The quantitative estimate of drug-likeness (QED) is 0.686. The summed E-state index contributed by atoms with van der Waals surface area (Å²) in [4.78, 5) is 15.7. The van der Waals surface area contributed by atoms with Gasteiger partial charge in [-0.05, 0) is 31.2 Å². The van der Waals surface area contributed by atoms with Crippen LogP contribution in [-0.4, -0.2) is 43.5 Å². The van der Waals surface area contributed by atoms with Crippen molar-refractivity contribution in [3.8, 4) is 0 Å². The Morgan fingerprint density at radius 1 is 1.29 bits per heavy atom. The molecule has 4 heteroatoms. The number of amides is 1. The number of nitrogen functional groups attached to an aromatic ring is 1. The highest BCUT2D eigenvalue weighted by molar-refractivity contribution is 5.94. The number of nitrogens with zero attached hydrogens (tertiary/aromatic N) is 1. The van der Waals surface area contributed by atoms with E-state index in [0.717, 1.165) is 38.3 Å². The molecule has 92 valence electrons. The Balaban J connectivity index is 1.99. The fourth-order valence-electron chi connectivity index (χ4n) is 2.19. The van der Waals surface area contributed by atoms with Crippen molar-refractivity contribution in [2.45, 2.75) is 6.92 Å². The van der Waals surface area contributed by atoms with E-state index in [-0.39, 0.29) is 5.91 Å². The second-order valence-electron chi connectivity index (χ2n) is 4.52. The van der Waals surface area contributed by atoms with Crippen LogP contribution >= 0.6 is 0 Å². The number of piperazine rings is 1. The number of carbonyl (C=O) groups excluding carboxylic acids is 1. The standard InChI is InChI=1S/C13H19N3O/c1-2-15-7-9-16(10-8-15)13(17)11-3-5-12(14)6-4-11/h3-6H,2,7-10,14H2,1H3/p+1. The van der Waals surface area contributed by atoms with E-state index in [9.17, 15) is 4.79 Å². The van der Waals surface area contributed by atoms with Gasteiger partial charge in [-0.1, -0.05) is 0 Å². The third-order valence-corrected chi connectivity index (χ3v) is 3.42. The number of nitrogens with two attached hydrogens (primary N) is 1. The largest absolute Gasteiger partial charge is 0.399 e. The molecule has 0 unspecified atom stereocenters. The van der Waals surface area contributed by atoms with Crippen LogP contribution in [0.25, 0.3) is 0 Å². The van der Waals surface area contributed by atoms with Crippen molar-refractivity contribution in [2.75, 3.05) is 38.5 Å². The van der Waals surface area contributed by atoms with Gasteiger partial charge in [-0.3, -0.25) is 4.79 Å². The lowest BCUT2D eigenvalue weighted by atomic mass is 10.1. The van der Waals surface area contributed by atoms with E-state index in [4.69, 9.17) is 5.73 Å². The Kier molecular flexibility index (Phi) is 3.64. The Morgan fingerprint density at radius 2 is 1.88 bits per heavy atom. The molecule has 17 heavy (non-hydrogen) atoms. The minimum atomic E-state index is 0.125. The first kappa shape index (κ1) is 11.9. The van der Waals surface area contributed by atoms with E-state index >= 15 is 0 Å². The summed E-state index contributed by atoms with van der Waals surface area (Å²) in [5, 5.41) is 0. The van der Waals surface area contributed by atoms with Gasteiger partial charge >= 0.3 is 0 Å². The fourth-order valence-corrected chi connectivity index (χ4v) is 2.19. The summed E-state index contributed by atoms with van der Waals surface area (Å²) in [7, 11) is 0. The molecular weight excluding hydrogens is 214 g/mol. The third-order valence-electron chi connectivity index (χ3n) is 3.42. The molecule has 0 atom stereocenters. The zero-order valence-corrected chi connectivity index (χ0v) is 10.3. The van der Waals surface area contributed by atoms with Crippen LogP contribution in [0.3, 0.4) is 0 Å². The average Bonchev–Trinajstić information content (AvgIpc) is 2.39. The van der Waals surface area contributed by atoms with Gasteiger partial charge in [-0.25, -0.2) is 0 Å². The molecule has 0 spiro atoms. The van der Waals surface area contributed by atoms with Gasteiger partial charge in [0, 0.05) is 11.3 Å². The van der Waals surface area contributed by atoms with Crippen molar-refractivity contribution < 1.29 is 9.69 Å². The maximum Gasteiger partial charge on any atom is 0.254 e. The second kappa shape index (κ2) is 5.19. The van der Waals surface area contributed by atoms with E-state index in [1.54, 1.807) is 29.2 Å². The molecule has 1 aromatic carbocycles. The number of likely N-dealkylation sites (N-methyl/N-ethyl adjacent to an activating group) is 1. The number of nitrogens with one attached hydrogen (secondary N) is 1. The zero-order valence-electron chi connectivity index (χ0n) is 10.3. The smallest absolute Gasteiger partial charge is 0.254 e. The summed E-state index contributed by atoms with van der Waals surface area (Å²) in [5.41, 5.74) is 7.04. The van der Waals surface area contributed by atoms with Crippen LogP contribution in [0.15, 0.2) is 24.3 Å². The molecule has 0 bridgehead atoms. The summed E-state index contributed by atoms with van der Waals surface area (Å²) in [6.45, 7) is 7.14. The van der Waals surface area contributed by atoms with E-state index in [1.807, 2.05) is 4.90 Å². The van der Waals surface area contributed by atoms with Crippen LogP contribution in [0.5, 0.6) is 0 Å². The Bertz CT molecular complexity index is 380. The predicted octanol–water partition coefficient (Wildman–Crippen LogP) is -0.371. The van der Waals surface area contributed by atoms with Crippen LogP contribution in [0, 0.1) is 0 Å². The molecule has 1 heterocycles. The Labute approximate surface area is 102 Å². The lowest BCUT2D eigenvalue weighted by Crippen LogP contribution is -3.14. The topological polar surface area (TPSA) is 50.8 Å². The first-order valence-electron chi connectivity index (χ1n) is 6.19. The van der Waals surface area contributed by atoms with Crippen molar-refractivity contribution in [1.82, 2.24) is 4.90 Å². The summed E-state index contributed by atoms with van der Waals surface area (Å²) in [6.07, 6.45) is 0. The highest BCUT2D eigenvalue weighted by atomic mass is 16.2. The molecule has 2 rings (SSSR count). The zero-order chi connectivity index (χ0) is 12.3. The van der Waals surface area contributed by atoms with E-state index in [2.05, 4.69) is 6.92 Å². The number of benzene rings is 1. The summed E-state index contributed by atoms with van der Waals surface area (Å²) >= 11 is 0. The molecule has 1 fully saturated rings. The molecule has 0 radical (unpaired) electrons. The lowest BCUT2D eigenvalue weighted by Gasteiger charge is -2.31. The third kappa shape index (κ3) is 2.77. The van der Waals surface area contributed by atoms with Crippen LogP contribution < -0.4 is 10.6 Å². The van der Waals surface area contributed by atoms with E-state index in [0.29, 0.717) is 5.69 Å². The SMILES string of the molecule is CC[NH+]1CCN(C(=O)c2ccc(N)cc2)CC1. The number of quaternary nitrogens is 1. The van der Waals surface area contributed by atoms with Crippen LogP contribution in [0.4, 0.5) is 5.69 Å². The van der Waals surface area contributed by atoms with Crippen LogP contribution in [0.1, 0.15) is 17.3 Å². The van der Waals surface area contributed by atoms with Gasteiger partial charge in [-0.15, -0.1) is 0 Å². The Morgan fingerprint density at radius 3 is 2.41 bits per heavy atom. The monoisotopic (exact) mass is 234 g/mol. The van der Waals surface area contributed by atoms with Crippen LogP contribution in [0.2, 0.25) is 0 Å². The van der Waals surface area contributed by atoms with Gasteiger partial charge in [-0.2, -0.15) is 0 Å². The first-order chi connectivity index (χ1) is 8.20. The first-order valence-corrected chi connectivity index (χ1v) is 6.19. The highest BCUT2D eigenvalue weighted by Gasteiger charge is 2.23.